The molecule has 2 aromatic rings. The minimum atomic E-state index is 0.245. The Morgan fingerprint density at radius 2 is 1.88 bits per heavy atom. The Hall–Kier alpha value is -2.02. The van der Waals surface area contributed by atoms with E-state index < -0.39 is 0 Å². The van der Waals surface area contributed by atoms with E-state index in [2.05, 4.69) is 45.7 Å². The summed E-state index contributed by atoms with van der Waals surface area (Å²) >= 11 is 0. The fourth-order valence-electron chi connectivity index (χ4n) is 3.53. The van der Waals surface area contributed by atoms with Crippen molar-refractivity contribution >= 4 is 0 Å². The van der Waals surface area contributed by atoms with Crippen molar-refractivity contribution in [2.24, 2.45) is 0 Å². The molecule has 0 radical (unpaired) electrons. The van der Waals surface area contributed by atoms with Gasteiger partial charge in [0.1, 0.15) is 5.75 Å². The van der Waals surface area contributed by atoms with Crippen molar-refractivity contribution < 1.29 is 9.84 Å². The first-order valence-electron chi connectivity index (χ1n) is 9.28. The van der Waals surface area contributed by atoms with Gasteiger partial charge in [0.15, 0.2) is 0 Å². The summed E-state index contributed by atoms with van der Waals surface area (Å²) in [4.78, 5) is 13.1. The van der Waals surface area contributed by atoms with Gasteiger partial charge in [-0.2, -0.15) is 0 Å². The molecule has 6 heteroatoms. The molecule has 2 heterocycles. The molecule has 0 amide bonds. The number of hydrogen-bond acceptors (Lipinski definition) is 6. The van der Waals surface area contributed by atoms with Crippen molar-refractivity contribution in [2.75, 3.05) is 26.2 Å². The normalized spacial score (nSPS) is 19.0. The number of benzene rings is 1. The highest BCUT2D eigenvalue weighted by atomic mass is 16.5. The van der Waals surface area contributed by atoms with Gasteiger partial charge >= 0.3 is 6.01 Å². The minimum Gasteiger partial charge on any atom is -0.424 e. The van der Waals surface area contributed by atoms with Crippen molar-refractivity contribution in [3.05, 3.63) is 48.3 Å². The van der Waals surface area contributed by atoms with Gasteiger partial charge in [-0.05, 0) is 44.0 Å². The number of ether oxygens (including phenoxy) is 1. The molecule has 1 aliphatic heterocycles. The van der Waals surface area contributed by atoms with Crippen molar-refractivity contribution in [3.8, 4) is 11.8 Å². The van der Waals surface area contributed by atoms with Crippen molar-refractivity contribution in [3.63, 3.8) is 0 Å². The Morgan fingerprint density at radius 1 is 1.15 bits per heavy atom. The number of aliphatic hydroxyl groups is 1. The lowest BCUT2D eigenvalue weighted by Crippen LogP contribution is -2.55. The van der Waals surface area contributed by atoms with E-state index in [1.165, 1.54) is 5.56 Å². The molecule has 0 saturated carbocycles. The Morgan fingerprint density at radius 3 is 2.54 bits per heavy atom. The number of rotatable bonds is 7. The summed E-state index contributed by atoms with van der Waals surface area (Å²) in [6.07, 6.45) is 4.16. The highest BCUT2D eigenvalue weighted by Crippen LogP contribution is 2.21. The molecule has 1 aliphatic rings. The molecule has 1 atom stereocenters. The van der Waals surface area contributed by atoms with Gasteiger partial charge in [-0.1, -0.05) is 12.1 Å². The third kappa shape index (κ3) is 5.00. The Labute approximate surface area is 155 Å². The lowest BCUT2D eigenvalue weighted by molar-refractivity contribution is 0.0349. The predicted molar refractivity (Wildman–Crippen MR) is 101 cm³/mol. The molecule has 1 aromatic heterocycles. The van der Waals surface area contributed by atoms with E-state index in [0.29, 0.717) is 18.1 Å². The Balaban J connectivity index is 1.57. The van der Waals surface area contributed by atoms with E-state index in [0.717, 1.165) is 38.3 Å². The third-order valence-corrected chi connectivity index (χ3v) is 4.82. The predicted octanol–water partition coefficient (Wildman–Crippen LogP) is 2.55. The van der Waals surface area contributed by atoms with E-state index in [9.17, 15) is 5.11 Å². The fraction of sp³-hybridized carbons (Fsp3) is 0.500. The Bertz CT molecular complexity index is 663. The number of piperazine rings is 1. The van der Waals surface area contributed by atoms with Crippen LogP contribution < -0.4 is 4.74 Å². The topological polar surface area (TPSA) is 61.7 Å². The second kappa shape index (κ2) is 9.07. The maximum Gasteiger partial charge on any atom is 0.321 e. The molecule has 3 rings (SSSR count). The molecule has 26 heavy (non-hydrogen) atoms. The second-order valence-electron chi connectivity index (χ2n) is 7.01. The van der Waals surface area contributed by atoms with Crippen LogP contribution in [0.2, 0.25) is 0 Å². The number of hydrogen-bond donors (Lipinski definition) is 1. The van der Waals surface area contributed by atoms with Gasteiger partial charge in [-0.25, -0.2) is 9.97 Å². The molecule has 0 aliphatic carbocycles. The molecule has 1 N–H and O–H groups in total. The zero-order valence-electron chi connectivity index (χ0n) is 15.6. The maximum atomic E-state index is 9.38. The van der Waals surface area contributed by atoms with Gasteiger partial charge in [-0.3, -0.25) is 9.80 Å². The van der Waals surface area contributed by atoms with Gasteiger partial charge in [0.05, 0.1) is 0 Å². The van der Waals surface area contributed by atoms with E-state index in [-0.39, 0.29) is 6.61 Å². The van der Waals surface area contributed by atoms with Gasteiger partial charge in [-0.15, -0.1) is 0 Å². The molecule has 1 fully saturated rings. The highest BCUT2D eigenvalue weighted by Gasteiger charge is 2.28. The molecule has 0 unspecified atom stereocenters. The summed E-state index contributed by atoms with van der Waals surface area (Å²) < 4.78 is 5.64. The van der Waals surface area contributed by atoms with E-state index in [4.69, 9.17) is 4.74 Å². The number of aliphatic hydroxyl groups excluding tert-OH is 1. The van der Waals surface area contributed by atoms with Gasteiger partial charge < -0.3 is 9.84 Å². The van der Waals surface area contributed by atoms with Crippen LogP contribution in [0.15, 0.2) is 42.7 Å². The summed E-state index contributed by atoms with van der Waals surface area (Å²) in [6.45, 7) is 8.72. The first-order valence-corrected chi connectivity index (χ1v) is 9.28. The summed E-state index contributed by atoms with van der Waals surface area (Å²) in [5.41, 5.74) is 1.26. The Kier molecular flexibility index (Phi) is 6.55. The zero-order chi connectivity index (χ0) is 18.4. The van der Waals surface area contributed by atoms with Crippen molar-refractivity contribution in [1.29, 1.82) is 0 Å². The van der Waals surface area contributed by atoms with Crippen LogP contribution >= 0.6 is 0 Å². The van der Waals surface area contributed by atoms with Crippen LogP contribution in [-0.2, 0) is 6.54 Å². The minimum absolute atomic E-state index is 0.245. The molecule has 1 aromatic carbocycles. The standard InChI is InChI=1S/C20H28N4O2/c1-16(2)24-12-11-23(15-18(24)8-13-25)14-17-4-6-19(7-5-17)26-20-21-9-3-10-22-20/h3-7,9-10,16,18,25H,8,11-15H2,1-2H3/t18-/m0/s1. The lowest BCUT2D eigenvalue weighted by Gasteiger charge is -2.43. The first kappa shape index (κ1) is 18.8. The highest BCUT2D eigenvalue weighted by molar-refractivity contribution is 5.29. The quantitative estimate of drug-likeness (QED) is 0.823. The van der Waals surface area contributed by atoms with Crippen LogP contribution in [0, 0.1) is 0 Å². The summed E-state index contributed by atoms with van der Waals surface area (Å²) in [5.74, 6) is 0.739. The SMILES string of the molecule is CC(C)N1CCN(Cc2ccc(Oc3ncccn3)cc2)C[C@@H]1CCO. The fourth-order valence-corrected chi connectivity index (χ4v) is 3.53. The largest absolute Gasteiger partial charge is 0.424 e. The van der Waals surface area contributed by atoms with Gasteiger partial charge in [0.2, 0.25) is 0 Å². The van der Waals surface area contributed by atoms with Crippen LogP contribution in [0.25, 0.3) is 0 Å². The molecule has 0 bridgehead atoms. The van der Waals surface area contributed by atoms with Crippen LogP contribution in [0.1, 0.15) is 25.8 Å². The maximum absolute atomic E-state index is 9.38. The lowest BCUT2D eigenvalue weighted by atomic mass is 10.1. The number of aromatic nitrogens is 2. The smallest absolute Gasteiger partial charge is 0.321 e. The molecule has 140 valence electrons. The zero-order valence-corrected chi connectivity index (χ0v) is 15.6. The van der Waals surface area contributed by atoms with Gasteiger partial charge in [0.25, 0.3) is 0 Å². The van der Waals surface area contributed by atoms with Crippen LogP contribution in [-0.4, -0.2) is 63.2 Å². The molecule has 6 nitrogen and oxygen atoms in total. The third-order valence-electron chi connectivity index (χ3n) is 4.82. The monoisotopic (exact) mass is 356 g/mol. The van der Waals surface area contributed by atoms with E-state index >= 15 is 0 Å². The van der Waals surface area contributed by atoms with E-state index in [1.54, 1.807) is 18.5 Å². The molecular weight excluding hydrogens is 328 g/mol. The molecule has 1 saturated heterocycles. The molecule has 0 spiro atoms. The number of nitrogens with zero attached hydrogens (tertiary/aromatic N) is 4. The van der Waals surface area contributed by atoms with Crippen molar-refractivity contribution in [1.82, 2.24) is 19.8 Å². The van der Waals surface area contributed by atoms with E-state index in [1.807, 2.05) is 12.1 Å². The first-order chi connectivity index (χ1) is 12.7. The summed E-state index contributed by atoms with van der Waals surface area (Å²) in [6, 6.07) is 11.2. The summed E-state index contributed by atoms with van der Waals surface area (Å²) in [7, 11) is 0. The van der Waals surface area contributed by atoms with Crippen LogP contribution in [0.5, 0.6) is 11.8 Å². The van der Waals surface area contributed by atoms with Crippen molar-refractivity contribution in [2.45, 2.75) is 38.9 Å². The van der Waals surface area contributed by atoms with Gasteiger partial charge in [0, 0.05) is 57.3 Å². The molecular formula is C20H28N4O2. The van der Waals surface area contributed by atoms with Crippen LogP contribution in [0.4, 0.5) is 0 Å². The average Bonchev–Trinajstić information content (AvgIpc) is 2.64. The second-order valence-corrected chi connectivity index (χ2v) is 7.01. The van der Waals surface area contributed by atoms with Crippen LogP contribution in [0.3, 0.4) is 0 Å². The average molecular weight is 356 g/mol. The summed E-state index contributed by atoms with van der Waals surface area (Å²) in [5, 5.41) is 9.38.